The third kappa shape index (κ3) is 1.83. The van der Waals surface area contributed by atoms with E-state index in [0.29, 0.717) is 0 Å². The lowest BCUT2D eigenvalue weighted by molar-refractivity contribution is 0.503. The summed E-state index contributed by atoms with van der Waals surface area (Å²) >= 11 is 0. The van der Waals surface area contributed by atoms with Crippen molar-refractivity contribution in [3.63, 3.8) is 0 Å². The second-order valence-electron chi connectivity index (χ2n) is 4.34. The fraction of sp³-hybridized carbons (Fsp3) is 0.538. The maximum absolute atomic E-state index is 3.49. The molecular weight excluding hydrogens is 170 g/mol. The minimum atomic E-state index is 0.737. The normalized spacial score (nSPS) is 26.7. The van der Waals surface area contributed by atoms with E-state index in [-0.39, 0.29) is 0 Å². The van der Waals surface area contributed by atoms with Crippen molar-refractivity contribution in [1.29, 1.82) is 0 Å². The highest BCUT2D eigenvalue weighted by atomic mass is 14.9. The van der Waals surface area contributed by atoms with E-state index in [4.69, 9.17) is 0 Å². The molecule has 1 nitrogen and oxygen atoms in total. The van der Waals surface area contributed by atoms with E-state index >= 15 is 0 Å². The highest BCUT2D eigenvalue weighted by molar-refractivity contribution is 5.26. The van der Waals surface area contributed by atoms with Crippen molar-refractivity contribution in [2.24, 2.45) is 5.92 Å². The molecule has 0 radical (unpaired) electrons. The molecule has 0 saturated carbocycles. The molecule has 1 aromatic rings. The van der Waals surface area contributed by atoms with Gasteiger partial charge in [0.25, 0.3) is 0 Å². The van der Waals surface area contributed by atoms with E-state index in [1.54, 1.807) is 0 Å². The summed E-state index contributed by atoms with van der Waals surface area (Å²) in [5, 5.41) is 3.49. The van der Waals surface area contributed by atoms with E-state index in [1.165, 1.54) is 24.1 Å². The van der Waals surface area contributed by atoms with Crippen LogP contribution in [0.25, 0.3) is 0 Å². The summed E-state index contributed by atoms with van der Waals surface area (Å²) in [5.41, 5.74) is 2.86. The van der Waals surface area contributed by atoms with Crippen LogP contribution in [-0.2, 0) is 0 Å². The molecule has 0 aliphatic carbocycles. The molecule has 14 heavy (non-hydrogen) atoms. The molecule has 76 valence electrons. The van der Waals surface area contributed by atoms with Crippen molar-refractivity contribution in [2.45, 2.75) is 26.2 Å². The Balaban J connectivity index is 2.17. The summed E-state index contributed by atoms with van der Waals surface area (Å²) in [4.78, 5) is 0. The van der Waals surface area contributed by atoms with Gasteiger partial charge in [0, 0.05) is 12.5 Å². The number of benzene rings is 1. The van der Waals surface area contributed by atoms with Crippen LogP contribution in [0.1, 0.15) is 30.4 Å². The molecule has 1 aromatic carbocycles. The zero-order valence-corrected chi connectivity index (χ0v) is 9.09. The van der Waals surface area contributed by atoms with Gasteiger partial charge >= 0.3 is 0 Å². The fourth-order valence-electron chi connectivity index (χ4n) is 2.37. The first kappa shape index (κ1) is 9.72. The van der Waals surface area contributed by atoms with Crippen LogP contribution < -0.4 is 5.32 Å². The van der Waals surface area contributed by atoms with E-state index in [1.807, 2.05) is 0 Å². The SMILES string of the molecule is CC[C@@H]1CNC[C@H]1c1ccc(C)cc1. The first-order valence-electron chi connectivity index (χ1n) is 5.58. The van der Waals surface area contributed by atoms with Gasteiger partial charge in [0.15, 0.2) is 0 Å². The Hall–Kier alpha value is -0.820. The largest absolute Gasteiger partial charge is 0.316 e. The van der Waals surface area contributed by atoms with Crippen LogP contribution in [0.3, 0.4) is 0 Å². The van der Waals surface area contributed by atoms with Gasteiger partial charge in [-0.25, -0.2) is 0 Å². The summed E-state index contributed by atoms with van der Waals surface area (Å²) in [6.07, 6.45) is 1.28. The number of nitrogens with one attached hydrogen (secondary N) is 1. The van der Waals surface area contributed by atoms with Crippen molar-refractivity contribution >= 4 is 0 Å². The van der Waals surface area contributed by atoms with Crippen molar-refractivity contribution < 1.29 is 0 Å². The average Bonchev–Trinajstić information content (AvgIpc) is 2.67. The minimum Gasteiger partial charge on any atom is -0.316 e. The maximum atomic E-state index is 3.49. The van der Waals surface area contributed by atoms with Crippen LogP contribution in [0, 0.1) is 12.8 Å². The first-order chi connectivity index (χ1) is 6.81. The second-order valence-corrected chi connectivity index (χ2v) is 4.34. The summed E-state index contributed by atoms with van der Waals surface area (Å²) < 4.78 is 0. The van der Waals surface area contributed by atoms with Crippen molar-refractivity contribution in [3.8, 4) is 0 Å². The number of hydrogen-bond donors (Lipinski definition) is 1. The molecule has 0 amide bonds. The zero-order valence-electron chi connectivity index (χ0n) is 9.09. The number of hydrogen-bond acceptors (Lipinski definition) is 1. The summed E-state index contributed by atoms with van der Waals surface area (Å²) in [6.45, 7) is 6.78. The van der Waals surface area contributed by atoms with Crippen molar-refractivity contribution in [3.05, 3.63) is 35.4 Å². The Kier molecular flexibility index (Phi) is 2.87. The molecule has 2 atom stereocenters. The molecule has 1 saturated heterocycles. The summed E-state index contributed by atoms with van der Waals surface area (Å²) in [7, 11) is 0. The van der Waals surface area contributed by atoms with E-state index in [9.17, 15) is 0 Å². The predicted octanol–water partition coefficient (Wildman–Crippen LogP) is 2.71. The molecule has 1 fully saturated rings. The van der Waals surface area contributed by atoms with Gasteiger partial charge < -0.3 is 5.32 Å². The van der Waals surface area contributed by atoms with Crippen LogP contribution in [0.5, 0.6) is 0 Å². The van der Waals surface area contributed by atoms with E-state index < -0.39 is 0 Å². The molecule has 0 bridgehead atoms. The van der Waals surface area contributed by atoms with Crippen LogP contribution in [0.15, 0.2) is 24.3 Å². The third-order valence-corrected chi connectivity index (χ3v) is 3.37. The highest BCUT2D eigenvalue weighted by Gasteiger charge is 2.26. The van der Waals surface area contributed by atoms with Gasteiger partial charge in [-0.1, -0.05) is 43.2 Å². The standard InChI is InChI=1S/C13H19N/c1-3-11-8-14-9-13(11)12-6-4-10(2)5-7-12/h4-7,11,13-14H,3,8-9H2,1-2H3/t11-,13-/m1/s1. The highest BCUT2D eigenvalue weighted by Crippen LogP contribution is 2.30. The second kappa shape index (κ2) is 4.14. The molecule has 1 heterocycles. The molecule has 1 N–H and O–H groups in total. The van der Waals surface area contributed by atoms with Crippen LogP contribution in [-0.4, -0.2) is 13.1 Å². The molecule has 1 heteroatoms. The Bertz CT molecular complexity index is 289. The molecular formula is C13H19N. The molecule has 0 spiro atoms. The lowest BCUT2D eigenvalue weighted by Crippen LogP contribution is -2.09. The molecule has 1 aliphatic rings. The van der Waals surface area contributed by atoms with E-state index in [0.717, 1.165) is 18.4 Å². The zero-order chi connectivity index (χ0) is 9.97. The fourth-order valence-corrected chi connectivity index (χ4v) is 2.37. The Morgan fingerprint density at radius 3 is 2.57 bits per heavy atom. The van der Waals surface area contributed by atoms with Gasteiger partial charge in [-0.05, 0) is 24.9 Å². The summed E-state index contributed by atoms with van der Waals surface area (Å²) in [6, 6.07) is 9.02. The molecule has 0 aromatic heterocycles. The van der Waals surface area contributed by atoms with E-state index in [2.05, 4.69) is 43.4 Å². The van der Waals surface area contributed by atoms with Gasteiger partial charge in [-0.3, -0.25) is 0 Å². The lowest BCUT2D eigenvalue weighted by atomic mass is 9.87. The number of rotatable bonds is 2. The van der Waals surface area contributed by atoms with Gasteiger partial charge in [-0.2, -0.15) is 0 Å². The topological polar surface area (TPSA) is 12.0 Å². The number of aryl methyl sites for hydroxylation is 1. The monoisotopic (exact) mass is 189 g/mol. The first-order valence-corrected chi connectivity index (χ1v) is 5.58. The Morgan fingerprint density at radius 1 is 1.21 bits per heavy atom. The van der Waals surface area contributed by atoms with Crippen molar-refractivity contribution in [1.82, 2.24) is 5.32 Å². The van der Waals surface area contributed by atoms with Gasteiger partial charge in [0.05, 0.1) is 0 Å². The van der Waals surface area contributed by atoms with Crippen LogP contribution >= 0.6 is 0 Å². The average molecular weight is 189 g/mol. The molecule has 1 aliphatic heterocycles. The van der Waals surface area contributed by atoms with Crippen LogP contribution in [0.4, 0.5) is 0 Å². The van der Waals surface area contributed by atoms with Crippen molar-refractivity contribution in [2.75, 3.05) is 13.1 Å². The Labute approximate surface area is 86.5 Å². The van der Waals surface area contributed by atoms with Gasteiger partial charge in [0.2, 0.25) is 0 Å². The quantitative estimate of drug-likeness (QED) is 0.754. The maximum Gasteiger partial charge on any atom is 0.00234 e. The predicted molar refractivity (Wildman–Crippen MR) is 60.6 cm³/mol. The lowest BCUT2D eigenvalue weighted by Gasteiger charge is -2.17. The van der Waals surface area contributed by atoms with Gasteiger partial charge in [-0.15, -0.1) is 0 Å². The van der Waals surface area contributed by atoms with Crippen LogP contribution in [0.2, 0.25) is 0 Å². The Morgan fingerprint density at radius 2 is 1.93 bits per heavy atom. The molecule has 0 unspecified atom stereocenters. The smallest absolute Gasteiger partial charge is 0.00234 e. The third-order valence-electron chi connectivity index (χ3n) is 3.37. The molecule has 2 rings (SSSR count). The summed E-state index contributed by atoms with van der Waals surface area (Å²) in [5.74, 6) is 1.57. The minimum absolute atomic E-state index is 0.737. The van der Waals surface area contributed by atoms with Gasteiger partial charge in [0.1, 0.15) is 0 Å².